The van der Waals surface area contributed by atoms with Crippen LogP contribution in [0.3, 0.4) is 0 Å². The van der Waals surface area contributed by atoms with Crippen molar-refractivity contribution in [2.45, 2.75) is 105 Å². The molecule has 26 nitrogen and oxygen atoms in total. The smallest absolute Gasteiger partial charge is 0.331 e. The fourth-order valence-corrected chi connectivity index (χ4v) is 8.78. The van der Waals surface area contributed by atoms with Crippen LogP contribution in [0.15, 0.2) is 84.6 Å². The van der Waals surface area contributed by atoms with Crippen molar-refractivity contribution in [1.29, 1.82) is 0 Å². The zero-order chi connectivity index (χ0) is 57.0. The number of aliphatic hydroxyl groups is 9. The van der Waals surface area contributed by atoms with Gasteiger partial charge in [0.15, 0.2) is 41.2 Å². The number of fused-ring (bicyclic) bond motifs is 1. The Bertz CT molecular complexity index is 2870. The molecule has 0 bridgehead atoms. The Labute approximate surface area is 448 Å². The summed E-state index contributed by atoms with van der Waals surface area (Å²) in [7, 11) is 2.61. The van der Waals surface area contributed by atoms with Crippen LogP contribution in [0.2, 0.25) is 0 Å². The number of phenolic OH excluding ortho intramolecular Hbond substituents is 5. The fraction of sp³-hybridized carbons (Fsp3) is 0.396. The molecule has 0 saturated carbocycles. The second-order valence-corrected chi connectivity index (χ2v) is 18.6. The van der Waals surface area contributed by atoms with Gasteiger partial charge in [0.05, 0.1) is 38.6 Å². The van der Waals surface area contributed by atoms with Crippen LogP contribution >= 0.6 is 0 Å². The highest BCUT2D eigenvalue weighted by atomic mass is 16.7. The van der Waals surface area contributed by atoms with Crippen molar-refractivity contribution in [3.63, 3.8) is 0 Å². The minimum Gasteiger partial charge on any atom is -0.571 e. The molecule has 14 N–H and O–H groups in total. The van der Waals surface area contributed by atoms with E-state index in [2.05, 4.69) is 4.74 Å². The van der Waals surface area contributed by atoms with Crippen molar-refractivity contribution in [1.82, 2.24) is 0 Å². The first kappa shape index (κ1) is 57.7. The highest BCUT2D eigenvalue weighted by Crippen LogP contribution is 2.48. The Kier molecular flexibility index (Phi) is 18.1. The quantitative estimate of drug-likeness (QED) is 0.0285. The van der Waals surface area contributed by atoms with Gasteiger partial charge >= 0.3 is 11.9 Å². The molecule has 4 aliphatic rings. The third-order valence-corrected chi connectivity index (χ3v) is 13.2. The number of hydrogen-bond donors (Lipinski definition) is 13. The molecule has 4 heterocycles. The van der Waals surface area contributed by atoms with Gasteiger partial charge < -0.3 is 118 Å². The summed E-state index contributed by atoms with van der Waals surface area (Å²) in [6, 6.07) is 14.9. The Balaban J connectivity index is 0.839. The van der Waals surface area contributed by atoms with Gasteiger partial charge in [0.1, 0.15) is 90.5 Å². The van der Waals surface area contributed by atoms with E-state index in [-0.39, 0.29) is 51.6 Å². The molecule has 0 spiro atoms. The number of rotatable bonds is 17. The number of benzene rings is 4. The lowest BCUT2D eigenvalue weighted by Crippen LogP contribution is -2.61. The SMILES string of the molecule is COc1cc(C2[OH+]c3cc(O)cc(O)c3C=C2OC2OC(COC3OC(C)C(OC(=O)C=Cc4ccc(OC5OC(COC(=O)C=Cc6ccc(O)c(O)c6)C(O)C(O)C5O)cc4)C(O)C3O)C(O)C(O)C2O)cc(OC)c1O. The summed E-state index contributed by atoms with van der Waals surface area (Å²) in [4.78, 5) is 25.3. The number of phenols is 5. The molecule has 8 rings (SSSR count). The van der Waals surface area contributed by atoms with E-state index in [0.717, 1.165) is 18.2 Å². The molecule has 16 atom stereocenters. The summed E-state index contributed by atoms with van der Waals surface area (Å²) < 4.78 is 60.7. The van der Waals surface area contributed by atoms with E-state index in [9.17, 15) is 76.0 Å². The van der Waals surface area contributed by atoms with Crippen LogP contribution in [-0.2, 0) is 42.7 Å². The van der Waals surface area contributed by atoms with Gasteiger partial charge in [-0.1, -0.05) is 18.2 Å². The highest BCUT2D eigenvalue weighted by molar-refractivity contribution is 5.88. The second kappa shape index (κ2) is 24.7. The Morgan fingerprint density at radius 2 is 1.18 bits per heavy atom. The first-order chi connectivity index (χ1) is 37.6. The molecular weight excluding hydrogens is 1050 g/mol. The minimum absolute atomic E-state index is 0.0128. The number of methoxy groups -OCH3 is 2. The molecule has 426 valence electrons. The number of esters is 2. The number of hydrogen-bond acceptors (Lipinski definition) is 25. The van der Waals surface area contributed by atoms with Gasteiger partial charge in [-0.15, -0.1) is 0 Å². The van der Waals surface area contributed by atoms with E-state index in [1.807, 2.05) is 0 Å². The molecule has 4 aromatic rings. The number of ether oxygens (including phenoxy) is 11. The molecule has 0 aliphatic carbocycles. The summed E-state index contributed by atoms with van der Waals surface area (Å²) in [5, 5.41) is 137. The topological polar surface area (TPSA) is 402 Å². The van der Waals surface area contributed by atoms with E-state index >= 15 is 0 Å². The standard InChI is InChI=1S/C53H58O26/c1-22-49(79-39(59)13-7-23-4-9-27(10-5-23)74-52-46(66)43(63)41(61)36(77-52)20-71-38(58)12-8-24-6-11-29(55)31(57)14-24)45(65)48(68)51(73-22)72-21-37-42(62)44(64)47(67)53(78-37)76-35-19-28-30(56)17-26(54)18-32(28)75-50(35)25-15-33(69-2)40(60)34(16-25)70-3/h4-19,22,36-37,41-57,60-68H,20-21H2,1-3H3/p+1. The maximum atomic E-state index is 13.0. The van der Waals surface area contributed by atoms with Crippen molar-refractivity contribution in [3.05, 3.63) is 107 Å². The van der Waals surface area contributed by atoms with Crippen LogP contribution in [0.5, 0.6) is 51.7 Å². The summed E-state index contributed by atoms with van der Waals surface area (Å²) in [5.41, 5.74) is 1.19. The molecule has 3 saturated heterocycles. The van der Waals surface area contributed by atoms with Crippen LogP contribution in [0.25, 0.3) is 18.2 Å². The maximum absolute atomic E-state index is 13.0. The Morgan fingerprint density at radius 1 is 0.595 bits per heavy atom. The van der Waals surface area contributed by atoms with Gasteiger partial charge in [0.25, 0.3) is 11.9 Å². The van der Waals surface area contributed by atoms with Crippen LogP contribution in [0.1, 0.15) is 35.3 Å². The van der Waals surface area contributed by atoms with Gasteiger partial charge in [0.2, 0.25) is 18.3 Å². The molecule has 26 heteroatoms. The second-order valence-electron chi connectivity index (χ2n) is 18.6. The van der Waals surface area contributed by atoms with Crippen LogP contribution < -0.4 is 14.2 Å². The first-order valence-electron chi connectivity index (χ1n) is 24.3. The summed E-state index contributed by atoms with van der Waals surface area (Å²) in [6.07, 6.45) is -19.8. The van der Waals surface area contributed by atoms with E-state index < -0.39 is 135 Å². The van der Waals surface area contributed by atoms with E-state index in [4.69, 9.17) is 47.4 Å². The van der Waals surface area contributed by atoms with Crippen molar-refractivity contribution in [2.75, 3.05) is 27.4 Å². The largest absolute Gasteiger partial charge is 0.571 e. The molecule has 3 fully saturated rings. The predicted octanol–water partition coefficient (Wildman–Crippen LogP) is -0.0555. The maximum Gasteiger partial charge on any atom is 0.331 e. The summed E-state index contributed by atoms with van der Waals surface area (Å²) >= 11 is 0. The summed E-state index contributed by atoms with van der Waals surface area (Å²) in [5.74, 6) is -3.48. The first-order valence-corrected chi connectivity index (χ1v) is 24.3. The minimum atomic E-state index is -1.91. The molecule has 0 aromatic heterocycles. The normalized spacial score (nSPS) is 30.6. The number of aliphatic hydroxyl groups excluding tert-OH is 8. The van der Waals surface area contributed by atoms with E-state index in [1.165, 1.54) is 100 Å². The molecule has 79 heavy (non-hydrogen) atoms. The number of carbonyl (C=O) groups excluding carboxylic acids is 2. The highest BCUT2D eigenvalue weighted by Gasteiger charge is 2.50. The average molecular weight is 1110 g/mol. The molecular formula is C53H59O26+. The third-order valence-electron chi connectivity index (χ3n) is 13.2. The van der Waals surface area contributed by atoms with Gasteiger partial charge in [-0.05, 0) is 66.6 Å². The van der Waals surface area contributed by atoms with Crippen molar-refractivity contribution >= 4 is 30.2 Å². The van der Waals surface area contributed by atoms with Crippen molar-refractivity contribution < 1.29 is 128 Å². The Morgan fingerprint density at radius 3 is 1.81 bits per heavy atom. The molecule has 16 unspecified atom stereocenters. The van der Waals surface area contributed by atoms with Gasteiger partial charge in [-0.25, -0.2) is 9.59 Å². The van der Waals surface area contributed by atoms with Gasteiger partial charge in [0, 0.05) is 24.3 Å². The lowest BCUT2D eigenvalue weighted by Gasteiger charge is -2.43. The molecule has 0 amide bonds. The Hall–Kier alpha value is -7.44. The lowest BCUT2D eigenvalue weighted by molar-refractivity contribution is -0.325. The van der Waals surface area contributed by atoms with Crippen LogP contribution in [0, 0.1) is 0 Å². The van der Waals surface area contributed by atoms with Crippen molar-refractivity contribution in [3.8, 4) is 51.7 Å². The van der Waals surface area contributed by atoms with Crippen molar-refractivity contribution in [2.24, 2.45) is 0 Å². The lowest BCUT2D eigenvalue weighted by atomic mass is 9.98. The molecule has 0 radical (unpaired) electrons. The zero-order valence-electron chi connectivity index (χ0n) is 42.0. The third kappa shape index (κ3) is 13.0. The van der Waals surface area contributed by atoms with Gasteiger partial charge in [-0.2, -0.15) is 0 Å². The molecule has 4 aliphatic heterocycles. The van der Waals surface area contributed by atoms with Crippen LogP contribution in [-0.4, -0.2) is 203 Å². The summed E-state index contributed by atoms with van der Waals surface area (Å²) in [6.45, 7) is 0.226. The van der Waals surface area contributed by atoms with Crippen LogP contribution in [0.4, 0.5) is 0 Å². The van der Waals surface area contributed by atoms with E-state index in [0.29, 0.717) is 16.7 Å². The van der Waals surface area contributed by atoms with E-state index in [1.54, 1.807) is 0 Å². The number of carbonyl (C=O) groups is 2. The van der Waals surface area contributed by atoms with Gasteiger partial charge in [-0.3, -0.25) is 0 Å². The molecule has 4 aromatic carbocycles. The fourth-order valence-electron chi connectivity index (χ4n) is 8.78. The zero-order valence-corrected chi connectivity index (χ0v) is 42.0. The monoisotopic (exact) mass is 1110 g/mol. The predicted molar refractivity (Wildman–Crippen MR) is 266 cm³/mol. The average Bonchev–Trinajstić information content (AvgIpc) is 3.51. The number of aromatic hydroxyl groups is 6.